The van der Waals surface area contributed by atoms with Gasteiger partial charge in [0.15, 0.2) is 0 Å². The lowest BCUT2D eigenvalue weighted by Gasteiger charge is -2.10. The molecule has 5 heteroatoms. The second-order valence-electron chi connectivity index (χ2n) is 3.29. The highest BCUT2D eigenvalue weighted by Crippen LogP contribution is 2.39. The number of pyridine rings is 1. The zero-order chi connectivity index (χ0) is 12.4. The molecular formula is C12H8Cl3NO. The molecule has 88 valence electrons. The molecule has 0 N–H and O–H groups in total. The predicted octanol–water partition coefficient (Wildman–Crippen LogP) is 4.76. The summed E-state index contributed by atoms with van der Waals surface area (Å²) >= 11 is 18.2. The maximum Gasteiger partial charge on any atom is 0.132 e. The average Bonchev–Trinajstić information content (AvgIpc) is 2.33. The van der Waals surface area contributed by atoms with Gasteiger partial charge in [0.1, 0.15) is 12.4 Å². The SMILES string of the molecule is C=CCOc1ccnc2c(Cl)cc(Cl)c(Cl)c12. The Balaban J connectivity index is 2.72. The molecule has 0 bridgehead atoms. The van der Waals surface area contributed by atoms with Crippen LogP contribution in [0.15, 0.2) is 31.0 Å². The van der Waals surface area contributed by atoms with Crippen LogP contribution >= 0.6 is 34.8 Å². The lowest BCUT2D eigenvalue weighted by molar-refractivity contribution is 0.367. The largest absolute Gasteiger partial charge is 0.489 e. The fraction of sp³-hybridized carbons (Fsp3) is 0.0833. The quantitative estimate of drug-likeness (QED) is 0.600. The van der Waals surface area contributed by atoms with Gasteiger partial charge < -0.3 is 4.74 Å². The van der Waals surface area contributed by atoms with E-state index in [1.165, 1.54) is 0 Å². The molecule has 0 saturated heterocycles. The van der Waals surface area contributed by atoms with Crippen LogP contribution < -0.4 is 4.74 Å². The molecular weight excluding hydrogens is 280 g/mol. The van der Waals surface area contributed by atoms with E-state index in [1.807, 2.05) is 0 Å². The molecule has 2 aromatic rings. The third-order valence-electron chi connectivity index (χ3n) is 2.18. The first-order valence-electron chi connectivity index (χ1n) is 4.81. The first-order valence-corrected chi connectivity index (χ1v) is 5.94. The Morgan fingerprint density at radius 3 is 2.76 bits per heavy atom. The molecule has 0 fully saturated rings. The fourth-order valence-electron chi connectivity index (χ4n) is 1.47. The van der Waals surface area contributed by atoms with Crippen molar-refractivity contribution >= 4 is 45.7 Å². The van der Waals surface area contributed by atoms with Gasteiger partial charge in [-0.2, -0.15) is 0 Å². The Labute approximate surface area is 114 Å². The highest BCUT2D eigenvalue weighted by Gasteiger charge is 2.13. The summed E-state index contributed by atoms with van der Waals surface area (Å²) in [7, 11) is 0. The highest BCUT2D eigenvalue weighted by atomic mass is 35.5. The zero-order valence-corrected chi connectivity index (χ0v) is 11.0. The molecule has 1 aromatic carbocycles. The van der Waals surface area contributed by atoms with Gasteiger partial charge in [-0.05, 0) is 12.1 Å². The smallest absolute Gasteiger partial charge is 0.132 e. The molecule has 2 nitrogen and oxygen atoms in total. The molecule has 0 unspecified atom stereocenters. The van der Waals surface area contributed by atoms with Crippen molar-refractivity contribution in [1.82, 2.24) is 4.98 Å². The molecule has 0 atom stereocenters. The van der Waals surface area contributed by atoms with Crippen LogP contribution in [0.1, 0.15) is 0 Å². The number of fused-ring (bicyclic) bond motifs is 1. The van der Waals surface area contributed by atoms with E-state index in [4.69, 9.17) is 39.5 Å². The van der Waals surface area contributed by atoms with Gasteiger partial charge in [0, 0.05) is 6.20 Å². The van der Waals surface area contributed by atoms with Crippen molar-refractivity contribution in [3.63, 3.8) is 0 Å². The normalized spacial score (nSPS) is 10.5. The van der Waals surface area contributed by atoms with E-state index >= 15 is 0 Å². The van der Waals surface area contributed by atoms with Crippen molar-refractivity contribution in [1.29, 1.82) is 0 Å². The number of aromatic nitrogens is 1. The van der Waals surface area contributed by atoms with Gasteiger partial charge in [-0.3, -0.25) is 4.98 Å². The summed E-state index contributed by atoms with van der Waals surface area (Å²) in [5, 5.41) is 1.82. The van der Waals surface area contributed by atoms with Gasteiger partial charge in [0.25, 0.3) is 0 Å². The number of benzene rings is 1. The number of halogens is 3. The Hall–Kier alpha value is -0.960. The van der Waals surface area contributed by atoms with Crippen molar-refractivity contribution in [3.8, 4) is 5.75 Å². The maximum atomic E-state index is 6.15. The molecule has 0 aliphatic heterocycles. The molecule has 17 heavy (non-hydrogen) atoms. The van der Waals surface area contributed by atoms with Gasteiger partial charge in [0.05, 0.1) is 26.0 Å². The van der Waals surface area contributed by atoms with Gasteiger partial charge in [-0.1, -0.05) is 47.5 Å². The topological polar surface area (TPSA) is 22.1 Å². The van der Waals surface area contributed by atoms with E-state index in [-0.39, 0.29) is 0 Å². The van der Waals surface area contributed by atoms with E-state index in [0.29, 0.717) is 38.3 Å². The summed E-state index contributed by atoms with van der Waals surface area (Å²) in [5.74, 6) is 0.587. The molecule has 2 rings (SSSR count). The van der Waals surface area contributed by atoms with Crippen LogP contribution in [0.25, 0.3) is 10.9 Å². The Bertz CT molecular complexity index is 583. The summed E-state index contributed by atoms with van der Waals surface area (Å²) < 4.78 is 5.50. The molecule has 0 saturated carbocycles. The molecule has 0 amide bonds. The van der Waals surface area contributed by atoms with Gasteiger partial charge >= 0.3 is 0 Å². The molecule has 0 aliphatic carbocycles. The minimum absolute atomic E-state index is 0.375. The summed E-state index contributed by atoms with van der Waals surface area (Å²) in [6.07, 6.45) is 3.25. The Morgan fingerprint density at radius 1 is 1.29 bits per heavy atom. The average molecular weight is 289 g/mol. The monoisotopic (exact) mass is 287 g/mol. The van der Waals surface area contributed by atoms with Crippen LogP contribution in [-0.2, 0) is 0 Å². The van der Waals surface area contributed by atoms with Crippen LogP contribution in [0.2, 0.25) is 15.1 Å². The van der Waals surface area contributed by atoms with Crippen LogP contribution in [0.3, 0.4) is 0 Å². The van der Waals surface area contributed by atoms with E-state index in [9.17, 15) is 0 Å². The first-order chi connectivity index (χ1) is 8.15. The number of nitrogens with zero attached hydrogens (tertiary/aromatic N) is 1. The molecule has 0 spiro atoms. The van der Waals surface area contributed by atoms with Crippen molar-refractivity contribution in [2.24, 2.45) is 0 Å². The summed E-state index contributed by atoms with van der Waals surface area (Å²) in [6.45, 7) is 3.96. The van der Waals surface area contributed by atoms with Crippen molar-refractivity contribution in [3.05, 3.63) is 46.1 Å². The van der Waals surface area contributed by atoms with Crippen LogP contribution in [-0.4, -0.2) is 11.6 Å². The zero-order valence-electron chi connectivity index (χ0n) is 8.71. The number of rotatable bonds is 3. The van der Waals surface area contributed by atoms with Gasteiger partial charge in [0.2, 0.25) is 0 Å². The predicted molar refractivity (Wildman–Crippen MR) is 72.5 cm³/mol. The van der Waals surface area contributed by atoms with Gasteiger partial charge in [-0.15, -0.1) is 0 Å². The second kappa shape index (κ2) is 5.13. The van der Waals surface area contributed by atoms with Crippen molar-refractivity contribution in [2.75, 3.05) is 6.61 Å². The second-order valence-corrected chi connectivity index (χ2v) is 4.48. The molecule has 0 aliphatic rings. The lowest BCUT2D eigenvalue weighted by atomic mass is 10.2. The minimum Gasteiger partial charge on any atom is -0.489 e. The van der Waals surface area contributed by atoms with Crippen LogP contribution in [0.5, 0.6) is 5.75 Å². The third-order valence-corrected chi connectivity index (χ3v) is 3.25. The lowest BCUT2D eigenvalue weighted by Crippen LogP contribution is -1.95. The number of hydrogen-bond donors (Lipinski definition) is 0. The maximum absolute atomic E-state index is 6.15. The third kappa shape index (κ3) is 2.34. The van der Waals surface area contributed by atoms with E-state index in [1.54, 1.807) is 24.4 Å². The van der Waals surface area contributed by atoms with Gasteiger partial charge in [-0.25, -0.2) is 0 Å². The van der Waals surface area contributed by atoms with Crippen LogP contribution in [0, 0.1) is 0 Å². The molecule has 1 aromatic heterocycles. The Kier molecular flexibility index (Phi) is 3.77. The van der Waals surface area contributed by atoms with Crippen LogP contribution in [0.4, 0.5) is 0 Å². The minimum atomic E-state index is 0.375. The van der Waals surface area contributed by atoms with E-state index < -0.39 is 0 Å². The highest BCUT2D eigenvalue weighted by molar-refractivity contribution is 6.48. The summed E-state index contributed by atoms with van der Waals surface area (Å²) in [5.41, 5.74) is 0.572. The van der Waals surface area contributed by atoms with Crippen molar-refractivity contribution in [2.45, 2.75) is 0 Å². The standard InChI is InChI=1S/C12H8Cl3NO/c1-2-5-17-9-3-4-16-12-8(14)6-7(13)11(15)10(9)12/h2-4,6H,1,5H2. The van der Waals surface area contributed by atoms with E-state index in [0.717, 1.165) is 0 Å². The van der Waals surface area contributed by atoms with Crippen molar-refractivity contribution < 1.29 is 4.74 Å². The molecule has 0 radical (unpaired) electrons. The number of hydrogen-bond acceptors (Lipinski definition) is 2. The van der Waals surface area contributed by atoms with E-state index in [2.05, 4.69) is 11.6 Å². The first kappa shape index (κ1) is 12.5. The summed E-state index contributed by atoms with van der Waals surface area (Å²) in [6, 6.07) is 3.28. The number of ether oxygens (including phenoxy) is 1. The summed E-state index contributed by atoms with van der Waals surface area (Å²) in [4.78, 5) is 4.17. The Morgan fingerprint density at radius 2 is 2.06 bits per heavy atom. The fourth-order valence-corrected chi connectivity index (χ4v) is 2.22. The molecule has 1 heterocycles.